The van der Waals surface area contributed by atoms with Crippen molar-refractivity contribution < 1.29 is 19.1 Å². The van der Waals surface area contributed by atoms with Crippen LogP contribution >= 0.6 is 11.6 Å². The van der Waals surface area contributed by atoms with Gasteiger partial charge in [-0.05, 0) is 67.0 Å². The van der Waals surface area contributed by atoms with Crippen molar-refractivity contribution in [1.82, 2.24) is 10.2 Å². The van der Waals surface area contributed by atoms with Crippen molar-refractivity contribution in [3.8, 4) is 11.5 Å². The highest BCUT2D eigenvalue weighted by Gasteiger charge is 2.36. The summed E-state index contributed by atoms with van der Waals surface area (Å²) < 4.78 is 11.2. The minimum Gasteiger partial charge on any atom is -0.497 e. The number of carbonyl (C=O) groups is 2. The summed E-state index contributed by atoms with van der Waals surface area (Å²) in [4.78, 5) is 28.1. The highest BCUT2D eigenvalue weighted by Crippen LogP contribution is 2.37. The van der Waals surface area contributed by atoms with Crippen LogP contribution in [-0.4, -0.2) is 50.1 Å². The maximum atomic E-state index is 13.1. The highest BCUT2D eigenvalue weighted by molar-refractivity contribution is 6.31. The summed E-state index contributed by atoms with van der Waals surface area (Å²) in [5.74, 6) is 1.33. The Morgan fingerprint density at radius 2 is 1.89 bits per heavy atom. The Balaban J connectivity index is 1.41. The van der Waals surface area contributed by atoms with E-state index in [1.807, 2.05) is 29.2 Å². The van der Waals surface area contributed by atoms with Gasteiger partial charge < -0.3 is 19.7 Å². The minimum absolute atomic E-state index is 0.00391. The molecule has 0 bridgehead atoms. The maximum Gasteiger partial charge on any atom is 0.255 e. The van der Waals surface area contributed by atoms with Gasteiger partial charge in [-0.25, -0.2) is 0 Å². The first-order valence-electron chi connectivity index (χ1n) is 12.6. The number of methoxy groups -OCH3 is 1. The third-order valence-electron chi connectivity index (χ3n) is 7.34. The lowest BCUT2D eigenvalue weighted by molar-refractivity contribution is -0.132. The number of carbonyl (C=O) groups excluding carboxylic acids is 2. The molecule has 0 atom stereocenters. The predicted molar refractivity (Wildman–Crippen MR) is 137 cm³/mol. The van der Waals surface area contributed by atoms with Crippen LogP contribution in [-0.2, 0) is 11.2 Å². The number of likely N-dealkylation sites (tertiary alicyclic amines) is 1. The van der Waals surface area contributed by atoms with Gasteiger partial charge in [0.1, 0.15) is 11.5 Å². The van der Waals surface area contributed by atoms with Gasteiger partial charge in [-0.1, -0.05) is 43.0 Å². The van der Waals surface area contributed by atoms with Gasteiger partial charge in [-0.2, -0.15) is 0 Å². The third-order valence-corrected chi connectivity index (χ3v) is 7.57. The van der Waals surface area contributed by atoms with Crippen LogP contribution in [0.5, 0.6) is 11.5 Å². The Morgan fingerprint density at radius 1 is 1.09 bits per heavy atom. The van der Waals surface area contributed by atoms with E-state index < -0.39 is 0 Å². The molecule has 2 aromatic carbocycles. The zero-order valence-corrected chi connectivity index (χ0v) is 21.2. The fourth-order valence-corrected chi connectivity index (χ4v) is 5.29. The van der Waals surface area contributed by atoms with Crippen LogP contribution in [0, 0.1) is 5.41 Å². The molecular formula is C28H35ClN2O4. The normalized spacial score (nSPS) is 18.8. The molecule has 7 heteroatoms. The molecule has 0 radical (unpaired) electrons. The van der Waals surface area contributed by atoms with Gasteiger partial charge in [-0.3, -0.25) is 9.59 Å². The first-order chi connectivity index (χ1) is 17.0. The highest BCUT2D eigenvalue weighted by atomic mass is 35.5. The zero-order chi connectivity index (χ0) is 24.7. The van der Waals surface area contributed by atoms with E-state index in [0.717, 1.165) is 56.3 Å². The molecular weight excluding hydrogens is 464 g/mol. The van der Waals surface area contributed by atoms with E-state index in [4.69, 9.17) is 21.1 Å². The minimum atomic E-state index is -0.155. The van der Waals surface area contributed by atoms with E-state index in [1.165, 1.54) is 0 Å². The smallest absolute Gasteiger partial charge is 0.255 e. The van der Waals surface area contributed by atoms with Gasteiger partial charge in [0.05, 0.1) is 25.7 Å². The molecule has 1 saturated heterocycles. The van der Waals surface area contributed by atoms with Crippen LogP contribution in [0.25, 0.3) is 0 Å². The molecule has 2 aromatic rings. The van der Waals surface area contributed by atoms with Crippen LogP contribution in [0.3, 0.4) is 0 Å². The number of benzene rings is 2. The van der Waals surface area contributed by atoms with Crippen molar-refractivity contribution in [2.24, 2.45) is 5.41 Å². The predicted octanol–water partition coefficient (Wildman–Crippen LogP) is 5.27. The third kappa shape index (κ3) is 6.69. The van der Waals surface area contributed by atoms with Crippen LogP contribution in [0.2, 0.25) is 5.02 Å². The number of ether oxygens (including phenoxy) is 2. The topological polar surface area (TPSA) is 67.9 Å². The molecule has 1 N–H and O–H groups in total. The molecule has 35 heavy (non-hydrogen) atoms. The summed E-state index contributed by atoms with van der Waals surface area (Å²) in [7, 11) is 1.63. The van der Waals surface area contributed by atoms with Gasteiger partial charge in [0.2, 0.25) is 5.91 Å². The van der Waals surface area contributed by atoms with Crippen LogP contribution in [0.1, 0.15) is 60.9 Å². The van der Waals surface area contributed by atoms with Crippen molar-refractivity contribution in [1.29, 1.82) is 0 Å². The molecule has 2 aliphatic rings. The van der Waals surface area contributed by atoms with Gasteiger partial charge in [0, 0.05) is 24.7 Å². The van der Waals surface area contributed by atoms with E-state index in [1.54, 1.807) is 25.3 Å². The number of fused-ring (bicyclic) bond motifs is 1. The van der Waals surface area contributed by atoms with Crippen molar-refractivity contribution in [3.63, 3.8) is 0 Å². The molecule has 2 aliphatic heterocycles. The lowest BCUT2D eigenvalue weighted by Gasteiger charge is -2.42. The van der Waals surface area contributed by atoms with Crippen LogP contribution < -0.4 is 14.8 Å². The fraction of sp³-hybridized carbons (Fsp3) is 0.500. The molecule has 4 rings (SSSR count). The lowest BCUT2D eigenvalue weighted by Crippen LogP contribution is -2.48. The Kier molecular flexibility index (Phi) is 8.55. The Labute approximate surface area is 212 Å². The number of hydrogen-bond donors (Lipinski definition) is 1. The molecule has 0 aromatic heterocycles. The molecule has 6 nitrogen and oxygen atoms in total. The largest absolute Gasteiger partial charge is 0.497 e. The Hall–Kier alpha value is -2.73. The van der Waals surface area contributed by atoms with E-state index in [0.29, 0.717) is 49.0 Å². The summed E-state index contributed by atoms with van der Waals surface area (Å²) in [5.41, 5.74) is 1.44. The van der Waals surface area contributed by atoms with Crippen molar-refractivity contribution in [2.45, 2.75) is 51.4 Å². The number of rotatable bonds is 3. The molecule has 188 valence electrons. The Bertz CT molecular complexity index is 1030. The number of hydrogen-bond acceptors (Lipinski definition) is 4. The molecule has 1 spiro atoms. The summed E-state index contributed by atoms with van der Waals surface area (Å²) in [6.07, 6.45) is 7.52. The first kappa shape index (κ1) is 25.4. The monoisotopic (exact) mass is 498 g/mol. The average molecular weight is 499 g/mol. The maximum absolute atomic E-state index is 13.1. The molecule has 0 aliphatic carbocycles. The van der Waals surface area contributed by atoms with E-state index >= 15 is 0 Å². The number of halogens is 1. The SMILES string of the molecule is COc1cccc(CC(=O)N2CCC3(CCCCCCOc4ccc(Cl)cc4C(=O)NC3)CC2)c1. The Morgan fingerprint density at radius 3 is 2.69 bits per heavy atom. The number of piperidine rings is 1. The molecule has 2 amide bonds. The van der Waals surface area contributed by atoms with E-state index in [9.17, 15) is 9.59 Å². The van der Waals surface area contributed by atoms with Crippen molar-refractivity contribution in [2.75, 3.05) is 33.4 Å². The fourth-order valence-electron chi connectivity index (χ4n) is 5.12. The van der Waals surface area contributed by atoms with Crippen molar-refractivity contribution >= 4 is 23.4 Å². The summed E-state index contributed by atoms with van der Waals surface area (Å²) >= 11 is 6.18. The molecule has 0 saturated carbocycles. The number of nitrogens with one attached hydrogen (secondary N) is 1. The summed E-state index contributed by atoms with van der Waals surface area (Å²) in [5, 5.41) is 3.68. The number of amides is 2. The van der Waals surface area contributed by atoms with E-state index in [2.05, 4.69) is 5.32 Å². The number of nitrogens with zero attached hydrogens (tertiary/aromatic N) is 1. The second kappa shape index (κ2) is 11.8. The van der Waals surface area contributed by atoms with Gasteiger partial charge in [0.15, 0.2) is 0 Å². The van der Waals surface area contributed by atoms with E-state index in [-0.39, 0.29) is 17.2 Å². The van der Waals surface area contributed by atoms with Crippen LogP contribution in [0.4, 0.5) is 0 Å². The molecule has 0 unspecified atom stereocenters. The van der Waals surface area contributed by atoms with Crippen molar-refractivity contribution in [3.05, 3.63) is 58.6 Å². The summed E-state index contributed by atoms with van der Waals surface area (Å²) in [6, 6.07) is 12.9. The second-order valence-corrected chi connectivity index (χ2v) is 10.2. The lowest BCUT2D eigenvalue weighted by atomic mass is 9.74. The standard InChI is InChI=1S/C28H35ClN2O4/c1-34-23-8-6-7-21(17-23)18-26(32)31-14-12-28(13-15-31)11-4-2-3-5-16-35-25-10-9-22(29)19-24(25)27(33)30-20-28/h6-10,17,19H,2-5,11-16,18,20H2,1H3,(H,30,33). The molecule has 1 fully saturated rings. The zero-order valence-electron chi connectivity index (χ0n) is 20.5. The second-order valence-electron chi connectivity index (χ2n) is 9.74. The van der Waals surface area contributed by atoms with Gasteiger partial charge >= 0.3 is 0 Å². The first-order valence-corrected chi connectivity index (χ1v) is 13.0. The summed E-state index contributed by atoms with van der Waals surface area (Å²) in [6.45, 7) is 2.61. The quantitative estimate of drug-likeness (QED) is 0.625. The van der Waals surface area contributed by atoms with Gasteiger partial charge in [0.25, 0.3) is 5.91 Å². The average Bonchev–Trinajstić information content (AvgIpc) is 2.88. The van der Waals surface area contributed by atoms with Gasteiger partial charge in [-0.15, -0.1) is 0 Å². The molecule has 2 heterocycles. The van der Waals surface area contributed by atoms with Crippen LogP contribution in [0.15, 0.2) is 42.5 Å².